The molecule has 3 heteroatoms. The van der Waals surface area contributed by atoms with Gasteiger partial charge in [0.15, 0.2) is 0 Å². The standard InChI is InChI=1S/C15H22O3/c1-5-17-13-9-7-6-8-12(13)10-11-14(16)18-15(2,3)4/h6-9H,5,10-11H2,1-4H3. The summed E-state index contributed by atoms with van der Waals surface area (Å²) >= 11 is 0. The largest absolute Gasteiger partial charge is 0.494 e. The second kappa shape index (κ2) is 6.43. The summed E-state index contributed by atoms with van der Waals surface area (Å²) in [6.45, 7) is 8.20. The Morgan fingerprint density at radius 3 is 2.50 bits per heavy atom. The smallest absolute Gasteiger partial charge is 0.306 e. The third-order valence-corrected chi connectivity index (χ3v) is 2.29. The number of hydrogen-bond donors (Lipinski definition) is 0. The molecule has 0 unspecified atom stereocenters. The lowest BCUT2D eigenvalue weighted by molar-refractivity contribution is -0.154. The third kappa shape index (κ3) is 5.21. The number of rotatable bonds is 5. The summed E-state index contributed by atoms with van der Waals surface area (Å²) in [6, 6.07) is 7.79. The van der Waals surface area contributed by atoms with Gasteiger partial charge in [-0.05, 0) is 45.7 Å². The van der Waals surface area contributed by atoms with Crippen LogP contribution in [0.3, 0.4) is 0 Å². The van der Waals surface area contributed by atoms with E-state index < -0.39 is 5.60 Å². The van der Waals surface area contributed by atoms with Gasteiger partial charge in [-0.25, -0.2) is 0 Å². The maximum Gasteiger partial charge on any atom is 0.306 e. The van der Waals surface area contributed by atoms with Crippen LogP contribution < -0.4 is 4.74 Å². The molecule has 0 aromatic heterocycles. The number of hydrogen-bond acceptors (Lipinski definition) is 3. The Balaban J connectivity index is 2.55. The van der Waals surface area contributed by atoms with Crippen LogP contribution in [0.2, 0.25) is 0 Å². The van der Waals surface area contributed by atoms with Gasteiger partial charge in [0.1, 0.15) is 11.4 Å². The van der Waals surface area contributed by atoms with Crippen LogP contribution in [0.4, 0.5) is 0 Å². The molecule has 0 saturated carbocycles. The van der Waals surface area contributed by atoms with Gasteiger partial charge in [0.05, 0.1) is 6.61 Å². The molecule has 1 aromatic carbocycles. The van der Waals surface area contributed by atoms with E-state index in [9.17, 15) is 4.79 Å². The highest BCUT2D eigenvalue weighted by Gasteiger charge is 2.16. The minimum atomic E-state index is -0.420. The van der Waals surface area contributed by atoms with Crippen LogP contribution in [0.5, 0.6) is 5.75 Å². The number of aryl methyl sites for hydroxylation is 1. The minimum absolute atomic E-state index is 0.172. The molecule has 0 aliphatic heterocycles. The van der Waals surface area contributed by atoms with Crippen molar-refractivity contribution in [1.29, 1.82) is 0 Å². The highest BCUT2D eigenvalue weighted by atomic mass is 16.6. The molecule has 100 valence electrons. The van der Waals surface area contributed by atoms with E-state index in [1.165, 1.54) is 0 Å². The molecule has 0 atom stereocenters. The molecule has 0 aliphatic rings. The van der Waals surface area contributed by atoms with Gasteiger partial charge in [-0.1, -0.05) is 18.2 Å². The number of carbonyl (C=O) groups excluding carboxylic acids is 1. The average Bonchev–Trinajstić information content (AvgIpc) is 2.26. The van der Waals surface area contributed by atoms with E-state index in [4.69, 9.17) is 9.47 Å². The summed E-state index contributed by atoms with van der Waals surface area (Å²) in [6.07, 6.45) is 1.02. The molecule has 0 aliphatic carbocycles. The van der Waals surface area contributed by atoms with Crippen molar-refractivity contribution in [2.45, 2.75) is 46.1 Å². The van der Waals surface area contributed by atoms with Crippen LogP contribution in [0.1, 0.15) is 39.7 Å². The fraction of sp³-hybridized carbons (Fsp3) is 0.533. The van der Waals surface area contributed by atoms with Crippen molar-refractivity contribution in [2.24, 2.45) is 0 Å². The topological polar surface area (TPSA) is 35.5 Å². The molecule has 0 radical (unpaired) electrons. The fourth-order valence-corrected chi connectivity index (χ4v) is 1.64. The van der Waals surface area contributed by atoms with Crippen LogP contribution in [-0.2, 0) is 16.0 Å². The Bertz CT molecular complexity index is 391. The number of carbonyl (C=O) groups is 1. The molecule has 0 heterocycles. The van der Waals surface area contributed by atoms with Crippen molar-refractivity contribution in [3.05, 3.63) is 29.8 Å². The molecule has 1 aromatic rings. The summed E-state index contributed by atoms with van der Waals surface area (Å²) in [4.78, 5) is 11.6. The quantitative estimate of drug-likeness (QED) is 0.752. The van der Waals surface area contributed by atoms with Gasteiger partial charge in [0.2, 0.25) is 0 Å². The third-order valence-electron chi connectivity index (χ3n) is 2.29. The Morgan fingerprint density at radius 1 is 1.22 bits per heavy atom. The molecular formula is C15H22O3. The molecule has 18 heavy (non-hydrogen) atoms. The van der Waals surface area contributed by atoms with Gasteiger partial charge >= 0.3 is 5.97 Å². The number of ether oxygens (including phenoxy) is 2. The first kappa shape index (κ1) is 14.6. The van der Waals surface area contributed by atoms with Crippen LogP contribution in [0.25, 0.3) is 0 Å². The van der Waals surface area contributed by atoms with E-state index in [-0.39, 0.29) is 5.97 Å². The first-order valence-corrected chi connectivity index (χ1v) is 6.35. The number of para-hydroxylation sites is 1. The second-order valence-corrected chi connectivity index (χ2v) is 5.13. The Kier molecular flexibility index (Phi) is 5.20. The summed E-state index contributed by atoms with van der Waals surface area (Å²) in [7, 11) is 0. The van der Waals surface area contributed by atoms with E-state index in [1.54, 1.807) is 0 Å². The fourth-order valence-electron chi connectivity index (χ4n) is 1.64. The van der Waals surface area contributed by atoms with E-state index in [1.807, 2.05) is 52.0 Å². The minimum Gasteiger partial charge on any atom is -0.494 e. The predicted octanol–water partition coefficient (Wildman–Crippen LogP) is 3.36. The van der Waals surface area contributed by atoms with Crippen molar-refractivity contribution in [3.63, 3.8) is 0 Å². The van der Waals surface area contributed by atoms with Crippen molar-refractivity contribution in [1.82, 2.24) is 0 Å². The molecule has 0 N–H and O–H groups in total. The van der Waals surface area contributed by atoms with Gasteiger partial charge in [-0.15, -0.1) is 0 Å². The van der Waals surface area contributed by atoms with Crippen LogP contribution >= 0.6 is 0 Å². The van der Waals surface area contributed by atoms with Gasteiger partial charge in [-0.3, -0.25) is 4.79 Å². The molecular weight excluding hydrogens is 228 g/mol. The summed E-state index contributed by atoms with van der Waals surface area (Å²) < 4.78 is 10.8. The van der Waals surface area contributed by atoms with E-state index in [2.05, 4.69) is 0 Å². The van der Waals surface area contributed by atoms with Crippen molar-refractivity contribution in [2.75, 3.05) is 6.61 Å². The van der Waals surface area contributed by atoms with Gasteiger partial charge in [0.25, 0.3) is 0 Å². The highest BCUT2D eigenvalue weighted by Crippen LogP contribution is 2.20. The molecule has 0 amide bonds. The zero-order valence-corrected chi connectivity index (χ0v) is 11.7. The molecule has 0 fully saturated rings. The van der Waals surface area contributed by atoms with Crippen molar-refractivity contribution < 1.29 is 14.3 Å². The maximum absolute atomic E-state index is 11.6. The van der Waals surface area contributed by atoms with Crippen LogP contribution in [0, 0.1) is 0 Å². The summed E-state index contributed by atoms with van der Waals surface area (Å²) in [5.74, 6) is 0.678. The van der Waals surface area contributed by atoms with E-state index in [0.29, 0.717) is 19.4 Å². The normalized spacial score (nSPS) is 11.1. The Hall–Kier alpha value is -1.51. The lowest BCUT2D eigenvalue weighted by Crippen LogP contribution is -2.24. The first-order chi connectivity index (χ1) is 8.42. The average molecular weight is 250 g/mol. The number of benzene rings is 1. The highest BCUT2D eigenvalue weighted by molar-refractivity contribution is 5.70. The Morgan fingerprint density at radius 2 is 1.89 bits per heavy atom. The monoisotopic (exact) mass is 250 g/mol. The summed E-state index contributed by atoms with van der Waals surface area (Å²) in [5, 5.41) is 0. The SMILES string of the molecule is CCOc1ccccc1CCC(=O)OC(C)(C)C. The van der Waals surface area contributed by atoms with E-state index in [0.717, 1.165) is 11.3 Å². The zero-order chi connectivity index (χ0) is 13.6. The molecule has 0 saturated heterocycles. The molecule has 3 nitrogen and oxygen atoms in total. The summed E-state index contributed by atoms with van der Waals surface area (Å²) in [5.41, 5.74) is 0.626. The molecule has 1 rings (SSSR count). The maximum atomic E-state index is 11.6. The van der Waals surface area contributed by atoms with Crippen LogP contribution in [-0.4, -0.2) is 18.2 Å². The first-order valence-electron chi connectivity index (χ1n) is 6.35. The number of esters is 1. The zero-order valence-electron chi connectivity index (χ0n) is 11.7. The predicted molar refractivity (Wildman–Crippen MR) is 71.8 cm³/mol. The molecule has 0 spiro atoms. The lowest BCUT2D eigenvalue weighted by atomic mass is 10.1. The Labute approximate surface area is 109 Å². The van der Waals surface area contributed by atoms with Crippen molar-refractivity contribution >= 4 is 5.97 Å². The van der Waals surface area contributed by atoms with Gasteiger partial charge in [-0.2, -0.15) is 0 Å². The van der Waals surface area contributed by atoms with Crippen molar-refractivity contribution in [3.8, 4) is 5.75 Å². The van der Waals surface area contributed by atoms with Crippen LogP contribution in [0.15, 0.2) is 24.3 Å². The molecule has 0 bridgehead atoms. The van der Waals surface area contributed by atoms with Gasteiger partial charge < -0.3 is 9.47 Å². The lowest BCUT2D eigenvalue weighted by Gasteiger charge is -2.19. The van der Waals surface area contributed by atoms with E-state index >= 15 is 0 Å². The second-order valence-electron chi connectivity index (χ2n) is 5.13. The van der Waals surface area contributed by atoms with Gasteiger partial charge in [0, 0.05) is 6.42 Å².